The summed E-state index contributed by atoms with van der Waals surface area (Å²) in [5.41, 5.74) is 6.99. The molecule has 0 aliphatic carbocycles. The lowest BCUT2D eigenvalue weighted by Crippen LogP contribution is -2.16. The molecule has 0 saturated carbocycles. The molecule has 0 saturated heterocycles. The zero-order chi connectivity index (χ0) is 18.2. The van der Waals surface area contributed by atoms with Crippen molar-refractivity contribution in [1.29, 1.82) is 0 Å². The maximum atomic E-state index is 11.3. The van der Waals surface area contributed by atoms with Crippen LogP contribution in [0.4, 0.5) is 5.69 Å². The second-order valence-electron chi connectivity index (χ2n) is 4.67. The van der Waals surface area contributed by atoms with Crippen molar-refractivity contribution in [2.24, 2.45) is 5.73 Å². The minimum atomic E-state index is -0.502. The van der Waals surface area contributed by atoms with E-state index in [9.17, 15) is 4.79 Å². The largest absolute Gasteiger partial charge is 0.490 e. The summed E-state index contributed by atoms with van der Waals surface area (Å²) in [5, 5.41) is 3.18. The number of esters is 1. The van der Waals surface area contributed by atoms with Gasteiger partial charge in [-0.25, -0.2) is 14.8 Å². The summed E-state index contributed by atoms with van der Waals surface area (Å²) in [6.07, 6.45) is 1.45. The quantitative estimate of drug-likeness (QED) is 0.403. The van der Waals surface area contributed by atoms with E-state index in [2.05, 4.69) is 25.0 Å². The number of nitrogens with zero attached hydrogens (tertiary/aromatic N) is 3. The number of ether oxygens (including phenoxy) is 3. The molecule has 0 aliphatic rings. The summed E-state index contributed by atoms with van der Waals surface area (Å²) in [6.45, 7) is 0.947. The predicted octanol–water partition coefficient (Wildman–Crippen LogP) is 1.27. The first-order valence-corrected chi connectivity index (χ1v) is 7.68. The molecule has 0 aliphatic heterocycles. The van der Waals surface area contributed by atoms with Gasteiger partial charge in [0, 0.05) is 13.1 Å². The van der Waals surface area contributed by atoms with Crippen LogP contribution in [0.15, 0.2) is 18.3 Å². The molecule has 3 N–H and O–H groups in total. The molecule has 2 heterocycles. The van der Waals surface area contributed by atoms with Crippen LogP contribution in [0.1, 0.15) is 16.2 Å². The summed E-state index contributed by atoms with van der Waals surface area (Å²) in [5.74, 6) is 0.328. The maximum Gasteiger partial charge on any atom is 0.356 e. The Hall–Kier alpha value is -2.65. The lowest BCUT2D eigenvalue weighted by molar-refractivity contribution is 0.0594. The van der Waals surface area contributed by atoms with E-state index in [1.807, 2.05) is 0 Å². The number of carbonyl (C=O) groups is 1. The number of pyridine rings is 1. The van der Waals surface area contributed by atoms with Crippen molar-refractivity contribution in [2.75, 3.05) is 32.7 Å². The number of methoxy groups -OCH3 is 2. The number of halogens is 1. The van der Waals surface area contributed by atoms with E-state index in [0.717, 1.165) is 0 Å². The van der Waals surface area contributed by atoms with Crippen molar-refractivity contribution in [3.63, 3.8) is 0 Å². The summed E-state index contributed by atoms with van der Waals surface area (Å²) in [4.78, 5) is 23.3. The van der Waals surface area contributed by atoms with Crippen LogP contribution in [0, 0.1) is 0 Å². The van der Waals surface area contributed by atoms with Gasteiger partial charge in [0.05, 0.1) is 26.1 Å². The van der Waals surface area contributed by atoms with Gasteiger partial charge in [-0.05, 0) is 23.7 Å². The van der Waals surface area contributed by atoms with E-state index in [0.29, 0.717) is 36.2 Å². The normalized spacial score (nSPS) is 10.2. The molecule has 0 fully saturated rings. The Kier molecular flexibility index (Phi) is 6.72. The molecule has 0 spiro atoms. The minimum absolute atomic E-state index is 0.0656. The summed E-state index contributed by atoms with van der Waals surface area (Å²) in [6, 6.07) is 3.16. The molecule has 9 nitrogen and oxygen atoms in total. The van der Waals surface area contributed by atoms with Crippen LogP contribution >= 0.6 is 11.6 Å². The highest BCUT2D eigenvalue weighted by Crippen LogP contribution is 2.26. The molecule has 0 radical (unpaired) electrons. The molecule has 2 rings (SSSR count). The van der Waals surface area contributed by atoms with Gasteiger partial charge in [0.15, 0.2) is 0 Å². The molecular formula is C15H18ClN5O4. The minimum Gasteiger partial charge on any atom is -0.490 e. The third-order valence-corrected chi connectivity index (χ3v) is 3.28. The number of anilines is 1. The highest BCUT2D eigenvalue weighted by atomic mass is 35.5. The van der Waals surface area contributed by atoms with E-state index >= 15 is 0 Å². The Labute approximate surface area is 149 Å². The van der Waals surface area contributed by atoms with E-state index < -0.39 is 5.97 Å². The van der Waals surface area contributed by atoms with Crippen molar-refractivity contribution in [2.45, 2.75) is 6.54 Å². The van der Waals surface area contributed by atoms with Gasteiger partial charge in [-0.3, -0.25) is 0 Å². The van der Waals surface area contributed by atoms with Crippen LogP contribution in [0.25, 0.3) is 0 Å². The monoisotopic (exact) mass is 367 g/mol. The molecule has 134 valence electrons. The lowest BCUT2D eigenvalue weighted by atomic mass is 10.3. The second kappa shape index (κ2) is 9.00. The predicted molar refractivity (Wildman–Crippen MR) is 91.0 cm³/mol. The number of nitrogens with two attached hydrogens (primary N) is 1. The van der Waals surface area contributed by atoms with Gasteiger partial charge in [-0.15, -0.1) is 0 Å². The number of hydrogen-bond acceptors (Lipinski definition) is 9. The Morgan fingerprint density at radius 2 is 2.12 bits per heavy atom. The number of hydrogen-bond donors (Lipinski definition) is 2. The molecule has 0 amide bonds. The van der Waals surface area contributed by atoms with Gasteiger partial charge in [0.1, 0.15) is 23.7 Å². The van der Waals surface area contributed by atoms with Crippen LogP contribution in [0.5, 0.6) is 11.6 Å². The van der Waals surface area contributed by atoms with E-state index in [1.54, 1.807) is 6.07 Å². The number of carbonyl (C=O) groups excluding carboxylic acids is 1. The van der Waals surface area contributed by atoms with Crippen LogP contribution < -0.4 is 20.5 Å². The summed E-state index contributed by atoms with van der Waals surface area (Å²) in [7, 11) is 2.78. The molecule has 0 atom stereocenters. The van der Waals surface area contributed by atoms with Crippen LogP contribution in [-0.2, 0) is 11.3 Å². The zero-order valence-electron chi connectivity index (χ0n) is 13.8. The first-order chi connectivity index (χ1) is 12.1. The van der Waals surface area contributed by atoms with Gasteiger partial charge in [-0.2, -0.15) is 4.98 Å². The van der Waals surface area contributed by atoms with Crippen molar-refractivity contribution < 1.29 is 19.0 Å². The van der Waals surface area contributed by atoms with Gasteiger partial charge in [0.2, 0.25) is 11.2 Å². The van der Waals surface area contributed by atoms with Crippen molar-refractivity contribution in [3.8, 4) is 11.6 Å². The fourth-order valence-corrected chi connectivity index (χ4v) is 2.14. The van der Waals surface area contributed by atoms with Gasteiger partial charge < -0.3 is 25.3 Å². The molecule has 0 aromatic carbocycles. The van der Waals surface area contributed by atoms with E-state index in [1.165, 1.54) is 26.5 Å². The molecule has 2 aromatic rings. The second-order valence-corrected chi connectivity index (χ2v) is 5.01. The van der Waals surface area contributed by atoms with Gasteiger partial charge >= 0.3 is 5.97 Å². The number of rotatable bonds is 8. The first-order valence-electron chi connectivity index (χ1n) is 7.30. The van der Waals surface area contributed by atoms with E-state index in [4.69, 9.17) is 26.8 Å². The number of nitrogens with one attached hydrogen (secondary N) is 1. The van der Waals surface area contributed by atoms with Crippen LogP contribution in [0.3, 0.4) is 0 Å². The van der Waals surface area contributed by atoms with Crippen LogP contribution in [0.2, 0.25) is 5.28 Å². The average Bonchev–Trinajstić information content (AvgIpc) is 2.65. The van der Waals surface area contributed by atoms with Crippen molar-refractivity contribution in [1.82, 2.24) is 15.0 Å². The molecule has 2 aromatic heterocycles. The Bertz CT molecular complexity index is 701. The highest BCUT2D eigenvalue weighted by molar-refractivity contribution is 6.28. The molecular weight excluding hydrogens is 350 g/mol. The third-order valence-electron chi connectivity index (χ3n) is 3.11. The Morgan fingerprint density at radius 1 is 1.32 bits per heavy atom. The smallest absolute Gasteiger partial charge is 0.356 e. The maximum absolute atomic E-state index is 11.3. The lowest BCUT2D eigenvalue weighted by Gasteiger charge is -2.14. The van der Waals surface area contributed by atoms with Gasteiger partial charge in [0.25, 0.3) is 0 Å². The standard InChI is InChI=1S/C15H18ClN5O4/c1-23-13-12(11(7-17)20-15(16)21-13)18-5-6-25-9-3-4-10(19-8-9)14(22)24-2/h3-4,8,18H,5-7,17H2,1-2H3. The summed E-state index contributed by atoms with van der Waals surface area (Å²) < 4.78 is 15.3. The molecule has 10 heteroatoms. The number of aromatic nitrogens is 3. The Morgan fingerprint density at radius 3 is 2.72 bits per heavy atom. The van der Waals surface area contributed by atoms with Crippen LogP contribution in [-0.4, -0.2) is 48.3 Å². The molecule has 25 heavy (non-hydrogen) atoms. The molecule has 0 bridgehead atoms. The topological polar surface area (TPSA) is 121 Å². The zero-order valence-corrected chi connectivity index (χ0v) is 14.5. The van der Waals surface area contributed by atoms with Gasteiger partial charge in [-0.1, -0.05) is 0 Å². The van der Waals surface area contributed by atoms with E-state index in [-0.39, 0.29) is 17.5 Å². The average molecular weight is 368 g/mol. The summed E-state index contributed by atoms with van der Waals surface area (Å²) >= 11 is 5.82. The molecule has 0 unspecified atom stereocenters. The SMILES string of the molecule is COC(=O)c1ccc(OCCNc2c(CN)nc(Cl)nc2OC)cn1. The Balaban J connectivity index is 1.92. The first kappa shape index (κ1) is 18.7. The highest BCUT2D eigenvalue weighted by Gasteiger charge is 2.13. The fourth-order valence-electron chi connectivity index (χ4n) is 1.96. The third kappa shape index (κ3) is 4.91. The van der Waals surface area contributed by atoms with Crippen molar-refractivity contribution >= 4 is 23.3 Å². The fraction of sp³-hybridized carbons (Fsp3) is 0.333. The van der Waals surface area contributed by atoms with Crippen molar-refractivity contribution in [3.05, 3.63) is 35.0 Å².